The molecular formula is C16H23NO3. The van der Waals surface area contributed by atoms with Crippen molar-refractivity contribution < 1.29 is 14.6 Å². The summed E-state index contributed by atoms with van der Waals surface area (Å²) in [6, 6.07) is 8.80. The van der Waals surface area contributed by atoms with E-state index in [2.05, 4.69) is 5.32 Å². The van der Waals surface area contributed by atoms with E-state index in [1.807, 2.05) is 24.3 Å². The van der Waals surface area contributed by atoms with E-state index in [-0.39, 0.29) is 0 Å². The van der Waals surface area contributed by atoms with Crippen LogP contribution in [0, 0.1) is 0 Å². The molecule has 20 heavy (non-hydrogen) atoms. The van der Waals surface area contributed by atoms with Gasteiger partial charge in [-0.2, -0.15) is 0 Å². The number of methoxy groups -OCH3 is 1. The van der Waals surface area contributed by atoms with Crippen molar-refractivity contribution in [3.05, 3.63) is 29.8 Å². The molecule has 1 aromatic rings. The molecule has 0 radical (unpaired) electrons. The normalized spacial score (nSPS) is 32.3. The standard InChI is InChI=1S/C16H23NO3/c1-19-8-9-20-15-6-2-12(3-7-15)16(18)10-13-4-5-14(11-16)17-13/h2-3,6-7,13-14,17-18H,4-5,8-11H2,1H3. The maximum absolute atomic E-state index is 10.9. The minimum Gasteiger partial charge on any atom is -0.491 e. The third kappa shape index (κ3) is 2.82. The molecule has 0 aromatic heterocycles. The van der Waals surface area contributed by atoms with Crippen molar-refractivity contribution in [2.45, 2.75) is 43.4 Å². The zero-order valence-electron chi connectivity index (χ0n) is 12.0. The van der Waals surface area contributed by atoms with Crippen molar-refractivity contribution in [2.75, 3.05) is 20.3 Å². The van der Waals surface area contributed by atoms with Gasteiger partial charge in [-0.25, -0.2) is 0 Å². The SMILES string of the molecule is COCCOc1ccc(C2(O)CC3CCC(C2)N3)cc1. The average Bonchev–Trinajstić information content (AvgIpc) is 2.79. The molecule has 4 heteroatoms. The summed E-state index contributed by atoms with van der Waals surface area (Å²) in [6.07, 6.45) is 4.00. The van der Waals surface area contributed by atoms with E-state index >= 15 is 0 Å². The molecule has 2 saturated heterocycles. The Kier molecular flexibility index (Phi) is 3.96. The van der Waals surface area contributed by atoms with Gasteiger partial charge in [0.2, 0.25) is 0 Å². The van der Waals surface area contributed by atoms with E-state index in [1.54, 1.807) is 7.11 Å². The highest BCUT2D eigenvalue weighted by Gasteiger charge is 2.43. The van der Waals surface area contributed by atoms with Gasteiger partial charge < -0.3 is 19.9 Å². The second-order valence-corrected chi connectivity index (χ2v) is 5.94. The molecule has 0 saturated carbocycles. The first-order valence-electron chi connectivity index (χ1n) is 7.40. The lowest BCUT2D eigenvalue weighted by Gasteiger charge is -2.37. The second kappa shape index (κ2) is 5.72. The smallest absolute Gasteiger partial charge is 0.119 e. The number of rotatable bonds is 5. The van der Waals surface area contributed by atoms with Gasteiger partial charge in [0.15, 0.2) is 0 Å². The monoisotopic (exact) mass is 277 g/mol. The lowest BCUT2D eigenvalue weighted by atomic mass is 9.81. The minimum atomic E-state index is -0.678. The van der Waals surface area contributed by atoms with Gasteiger partial charge in [-0.15, -0.1) is 0 Å². The second-order valence-electron chi connectivity index (χ2n) is 5.94. The molecule has 2 fully saturated rings. The van der Waals surface area contributed by atoms with E-state index in [1.165, 1.54) is 12.8 Å². The Balaban J connectivity index is 1.67. The fraction of sp³-hybridized carbons (Fsp3) is 0.625. The molecule has 0 amide bonds. The van der Waals surface area contributed by atoms with Crippen molar-refractivity contribution >= 4 is 0 Å². The molecule has 2 heterocycles. The van der Waals surface area contributed by atoms with E-state index in [4.69, 9.17) is 9.47 Å². The molecule has 110 valence electrons. The maximum Gasteiger partial charge on any atom is 0.119 e. The number of benzene rings is 1. The van der Waals surface area contributed by atoms with E-state index in [9.17, 15) is 5.11 Å². The zero-order valence-corrected chi connectivity index (χ0v) is 12.0. The molecular weight excluding hydrogens is 254 g/mol. The first-order chi connectivity index (χ1) is 9.69. The maximum atomic E-state index is 10.9. The number of hydrogen-bond donors (Lipinski definition) is 2. The van der Waals surface area contributed by atoms with E-state index < -0.39 is 5.60 Å². The summed E-state index contributed by atoms with van der Waals surface area (Å²) in [7, 11) is 1.66. The van der Waals surface area contributed by atoms with Crippen LogP contribution in [0.25, 0.3) is 0 Å². The van der Waals surface area contributed by atoms with Crippen LogP contribution in [0.5, 0.6) is 5.75 Å². The van der Waals surface area contributed by atoms with Gasteiger partial charge in [0.1, 0.15) is 12.4 Å². The molecule has 2 unspecified atom stereocenters. The third-order valence-electron chi connectivity index (χ3n) is 4.45. The van der Waals surface area contributed by atoms with Gasteiger partial charge in [-0.3, -0.25) is 0 Å². The number of piperidine rings is 1. The van der Waals surface area contributed by atoms with Gasteiger partial charge in [-0.05, 0) is 43.4 Å². The Morgan fingerprint density at radius 1 is 1.15 bits per heavy atom. The first kappa shape index (κ1) is 13.9. The highest BCUT2D eigenvalue weighted by molar-refractivity contribution is 5.32. The van der Waals surface area contributed by atoms with E-state index in [0.29, 0.717) is 25.3 Å². The van der Waals surface area contributed by atoms with Crippen molar-refractivity contribution in [1.29, 1.82) is 0 Å². The van der Waals surface area contributed by atoms with Crippen LogP contribution in [0.15, 0.2) is 24.3 Å². The van der Waals surface area contributed by atoms with Crippen molar-refractivity contribution in [1.82, 2.24) is 5.32 Å². The largest absolute Gasteiger partial charge is 0.491 e. The van der Waals surface area contributed by atoms with Crippen LogP contribution in [-0.2, 0) is 10.3 Å². The highest BCUT2D eigenvalue weighted by Crippen LogP contribution is 2.40. The Morgan fingerprint density at radius 2 is 1.80 bits per heavy atom. The molecule has 0 aliphatic carbocycles. The molecule has 2 N–H and O–H groups in total. The number of ether oxygens (including phenoxy) is 2. The molecule has 2 bridgehead atoms. The average molecular weight is 277 g/mol. The van der Waals surface area contributed by atoms with Crippen molar-refractivity contribution in [3.63, 3.8) is 0 Å². The van der Waals surface area contributed by atoms with Gasteiger partial charge in [0, 0.05) is 19.2 Å². The van der Waals surface area contributed by atoms with Crippen LogP contribution in [0.2, 0.25) is 0 Å². The summed E-state index contributed by atoms with van der Waals surface area (Å²) in [6.45, 7) is 1.13. The van der Waals surface area contributed by atoms with Crippen LogP contribution < -0.4 is 10.1 Å². The summed E-state index contributed by atoms with van der Waals surface area (Å²) in [5.41, 5.74) is 0.331. The summed E-state index contributed by atoms with van der Waals surface area (Å²) < 4.78 is 10.5. The fourth-order valence-corrected chi connectivity index (χ4v) is 3.46. The lowest BCUT2D eigenvalue weighted by molar-refractivity contribution is -0.0115. The summed E-state index contributed by atoms with van der Waals surface area (Å²) in [5, 5.41) is 14.5. The van der Waals surface area contributed by atoms with Gasteiger partial charge in [0.05, 0.1) is 12.2 Å². The molecule has 2 aliphatic rings. The third-order valence-corrected chi connectivity index (χ3v) is 4.45. The number of hydrogen-bond acceptors (Lipinski definition) is 4. The minimum absolute atomic E-state index is 0.469. The van der Waals surface area contributed by atoms with Crippen LogP contribution in [0.4, 0.5) is 0 Å². The topological polar surface area (TPSA) is 50.7 Å². The first-order valence-corrected chi connectivity index (χ1v) is 7.40. The molecule has 4 nitrogen and oxygen atoms in total. The van der Waals surface area contributed by atoms with Crippen molar-refractivity contribution in [2.24, 2.45) is 0 Å². The van der Waals surface area contributed by atoms with Crippen LogP contribution >= 0.6 is 0 Å². The Bertz CT molecular complexity index is 434. The predicted molar refractivity (Wildman–Crippen MR) is 76.9 cm³/mol. The summed E-state index contributed by atoms with van der Waals surface area (Å²) >= 11 is 0. The predicted octanol–water partition coefficient (Wildman–Crippen LogP) is 1.81. The molecule has 0 spiro atoms. The summed E-state index contributed by atoms with van der Waals surface area (Å²) in [4.78, 5) is 0. The van der Waals surface area contributed by atoms with Crippen LogP contribution in [0.3, 0.4) is 0 Å². The lowest BCUT2D eigenvalue weighted by Crippen LogP contribution is -2.46. The number of fused-ring (bicyclic) bond motifs is 2. The molecule has 1 aromatic carbocycles. The quantitative estimate of drug-likeness (QED) is 0.806. The Hall–Kier alpha value is -1.10. The fourth-order valence-electron chi connectivity index (χ4n) is 3.46. The van der Waals surface area contributed by atoms with Gasteiger partial charge in [0.25, 0.3) is 0 Å². The number of nitrogens with one attached hydrogen (secondary N) is 1. The van der Waals surface area contributed by atoms with Crippen LogP contribution in [0.1, 0.15) is 31.2 Å². The molecule has 3 rings (SSSR count). The highest BCUT2D eigenvalue weighted by atomic mass is 16.5. The van der Waals surface area contributed by atoms with Gasteiger partial charge >= 0.3 is 0 Å². The number of aliphatic hydroxyl groups is 1. The van der Waals surface area contributed by atoms with Crippen LogP contribution in [-0.4, -0.2) is 37.5 Å². The zero-order chi connectivity index (χ0) is 14.0. The summed E-state index contributed by atoms with van der Waals surface area (Å²) in [5.74, 6) is 0.825. The molecule has 2 atom stereocenters. The van der Waals surface area contributed by atoms with E-state index in [0.717, 1.165) is 24.2 Å². The molecule has 2 aliphatic heterocycles. The Labute approximate surface area is 120 Å². The van der Waals surface area contributed by atoms with Gasteiger partial charge in [-0.1, -0.05) is 12.1 Å². The van der Waals surface area contributed by atoms with Crippen molar-refractivity contribution in [3.8, 4) is 5.75 Å². The Morgan fingerprint density at radius 3 is 2.40 bits per heavy atom.